The molecule has 3 N–H and O–H groups in total. The number of carbonyl (C=O) groups is 1. The lowest BCUT2D eigenvalue weighted by Gasteiger charge is -2.14. The van der Waals surface area contributed by atoms with E-state index in [1.807, 2.05) is 5.43 Å². The monoisotopic (exact) mass is 369 g/mol. The van der Waals surface area contributed by atoms with Gasteiger partial charge in [-0.2, -0.15) is 0 Å². The molecule has 0 bridgehead atoms. The van der Waals surface area contributed by atoms with Gasteiger partial charge in [0, 0.05) is 13.3 Å². The number of hydrazine groups is 1. The van der Waals surface area contributed by atoms with Gasteiger partial charge in [0.1, 0.15) is 0 Å². The van der Waals surface area contributed by atoms with Crippen molar-refractivity contribution in [2.45, 2.75) is 13.1 Å². The molecule has 0 spiro atoms. The van der Waals surface area contributed by atoms with Crippen molar-refractivity contribution in [2.75, 3.05) is 13.7 Å². The average molecular weight is 369 g/mol. The number of hydrogen-bond donors (Lipinski definition) is 2. The van der Waals surface area contributed by atoms with Crippen LogP contribution >= 0.6 is 0 Å². The number of methoxy groups -OCH3 is 1. The molecule has 3 aromatic rings. The highest BCUT2D eigenvalue weighted by Crippen LogP contribution is 2.10. The molecule has 2 aromatic heterocycles. The summed E-state index contributed by atoms with van der Waals surface area (Å²) in [7, 11) is 1.51. The topological polar surface area (TPSA) is 121 Å². The van der Waals surface area contributed by atoms with Gasteiger partial charge in [-0.1, -0.05) is 12.1 Å². The van der Waals surface area contributed by atoms with E-state index in [-0.39, 0.29) is 25.3 Å². The molecule has 27 heavy (non-hydrogen) atoms. The second-order valence-corrected chi connectivity index (χ2v) is 5.85. The third-order valence-electron chi connectivity index (χ3n) is 4.19. The number of aromatic nitrogens is 3. The van der Waals surface area contributed by atoms with Crippen LogP contribution in [0.5, 0.6) is 0 Å². The Morgan fingerprint density at radius 2 is 1.96 bits per heavy atom. The summed E-state index contributed by atoms with van der Waals surface area (Å²) in [4.78, 5) is 41.3. The quantitative estimate of drug-likeness (QED) is 0.354. The van der Waals surface area contributed by atoms with Crippen molar-refractivity contribution in [3.8, 4) is 0 Å². The second kappa shape index (κ2) is 7.94. The van der Waals surface area contributed by atoms with Crippen molar-refractivity contribution in [3.63, 3.8) is 0 Å². The molecular weight excluding hydrogens is 350 g/mol. The highest BCUT2D eigenvalue weighted by atomic mass is 16.5. The highest BCUT2D eigenvalue weighted by molar-refractivity contribution is 5.93. The third-order valence-corrected chi connectivity index (χ3v) is 4.19. The lowest BCUT2D eigenvalue weighted by Crippen LogP contribution is -2.41. The summed E-state index contributed by atoms with van der Waals surface area (Å²) in [5, 5.41) is 0.437. The molecule has 2 heterocycles. The summed E-state index contributed by atoms with van der Waals surface area (Å²) in [6, 6.07) is 10.1. The molecule has 1 amide bonds. The standard InChI is InChI=1S/C18H19N5O4/c1-27-9-8-22-17(25)14-4-2-3-5-15(14)23(18(22)26)11-13-7-6-12(10-20-13)16(24)21-19/h2-7,10H,8-9,11,19H2,1H3,(H,21,24). The summed E-state index contributed by atoms with van der Waals surface area (Å²) in [5.41, 5.74) is 2.63. The highest BCUT2D eigenvalue weighted by Gasteiger charge is 2.13. The Labute approximate surface area is 154 Å². The number of ether oxygens (including phenoxy) is 1. The van der Waals surface area contributed by atoms with Crippen LogP contribution in [0.15, 0.2) is 52.2 Å². The molecule has 0 radical (unpaired) electrons. The lowest BCUT2D eigenvalue weighted by atomic mass is 10.2. The minimum Gasteiger partial charge on any atom is -0.383 e. The minimum absolute atomic E-state index is 0.150. The number of carbonyl (C=O) groups excluding carboxylic acids is 1. The van der Waals surface area contributed by atoms with Crippen LogP contribution in [-0.2, 0) is 17.8 Å². The minimum atomic E-state index is -0.454. The van der Waals surface area contributed by atoms with Crippen molar-refractivity contribution in [2.24, 2.45) is 5.84 Å². The molecule has 0 saturated heterocycles. The maximum atomic E-state index is 12.9. The van der Waals surface area contributed by atoms with Crippen LogP contribution in [0, 0.1) is 0 Å². The normalized spacial score (nSPS) is 10.9. The van der Waals surface area contributed by atoms with E-state index < -0.39 is 11.6 Å². The molecular formula is C18H19N5O4. The Morgan fingerprint density at radius 3 is 2.63 bits per heavy atom. The van der Waals surface area contributed by atoms with Crippen LogP contribution in [0.3, 0.4) is 0 Å². The molecule has 0 unspecified atom stereocenters. The van der Waals surface area contributed by atoms with Crippen molar-refractivity contribution in [1.82, 2.24) is 19.5 Å². The van der Waals surface area contributed by atoms with Crippen LogP contribution < -0.4 is 22.5 Å². The lowest BCUT2D eigenvalue weighted by molar-refractivity contribution is 0.0953. The number of rotatable bonds is 6. The van der Waals surface area contributed by atoms with Gasteiger partial charge in [-0.05, 0) is 24.3 Å². The van der Waals surface area contributed by atoms with E-state index in [1.54, 1.807) is 36.4 Å². The van der Waals surface area contributed by atoms with Crippen LogP contribution in [0.1, 0.15) is 16.1 Å². The van der Waals surface area contributed by atoms with Crippen LogP contribution in [0.4, 0.5) is 0 Å². The fourth-order valence-electron chi connectivity index (χ4n) is 2.80. The van der Waals surface area contributed by atoms with Gasteiger partial charge in [-0.3, -0.25) is 29.1 Å². The fraction of sp³-hybridized carbons (Fsp3) is 0.222. The summed E-state index contributed by atoms with van der Waals surface area (Å²) < 4.78 is 7.64. The number of para-hydroxylation sites is 1. The van der Waals surface area contributed by atoms with Gasteiger partial charge in [0.25, 0.3) is 11.5 Å². The summed E-state index contributed by atoms with van der Waals surface area (Å²) in [5.74, 6) is 4.65. The zero-order valence-corrected chi connectivity index (χ0v) is 14.7. The Hall–Kier alpha value is -3.30. The van der Waals surface area contributed by atoms with Crippen LogP contribution in [-0.4, -0.2) is 33.7 Å². The van der Waals surface area contributed by atoms with E-state index in [1.165, 1.54) is 17.9 Å². The fourth-order valence-corrected chi connectivity index (χ4v) is 2.80. The first kappa shape index (κ1) is 18.5. The number of nitrogens with zero attached hydrogens (tertiary/aromatic N) is 3. The van der Waals surface area contributed by atoms with Gasteiger partial charge in [-0.15, -0.1) is 0 Å². The predicted octanol–water partition coefficient (Wildman–Crippen LogP) is -0.144. The Kier molecular flexibility index (Phi) is 5.43. The van der Waals surface area contributed by atoms with E-state index in [9.17, 15) is 14.4 Å². The SMILES string of the molecule is COCCn1c(=O)c2ccccc2n(Cc2ccc(C(=O)NN)cn2)c1=O. The number of nitrogen functional groups attached to an aromatic ring is 1. The van der Waals surface area contributed by atoms with Gasteiger partial charge in [-0.25, -0.2) is 10.6 Å². The molecule has 140 valence electrons. The molecule has 0 saturated carbocycles. The molecule has 0 fully saturated rings. The van der Waals surface area contributed by atoms with Gasteiger partial charge in [0.15, 0.2) is 0 Å². The second-order valence-electron chi connectivity index (χ2n) is 5.85. The van der Waals surface area contributed by atoms with E-state index in [2.05, 4.69) is 4.98 Å². The smallest absolute Gasteiger partial charge is 0.331 e. The number of benzene rings is 1. The van der Waals surface area contributed by atoms with E-state index in [0.29, 0.717) is 22.2 Å². The maximum absolute atomic E-state index is 12.9. The van der Waals surface area contributed by atoms with Crippen molar-refractivity contribution < 1.29 is 9.53 Å². The predicted molar refractivity (Wildman–Crippen MR) is 99.3 cm³/mol. The number of fused-ring (bicyclic) bond motifs is 1. The van der Waals surface area contributed by atoms with Crippen molar-refractivity contribution in [1.29, 1.82) is 0 Å². The molecule has 9 heteroatoms. The zero-order chi connectivity index (χ0) is 19.4. The number of pyridine rings is 1. The Bertz CT molecular complexity index is 1090. The molecule has 1 aromatic carbocycles. The Morgan fingerprint density at radius 1 is 1.19 bits per heavy atom. The number of hydrogen-bond acceptors (Lipinski definition) is 6. The average Bonchev–Trinajstić information content (AvgIpc) is 2.71. The first-order chi connectivity index (χ1) is 13.1. The summed E-state index contributed by atoms with van der Waals surface area (Å²) in [6.07, 6.45) is 1.38. The third kappa shape index (κ3) is 3.64. The van der Waals surface area contributed by atoms with Crippen molar-refractivity contribution >= 4 is 16.8 Å². The summed E-state index contributed by atoms with van der Waals surface area (Å²) in [6.45, 7) is 0.549. The largest absolute Gasteiger partial charge is 0.383 e. The zero-order valence-electron chi connectivity index (χ0n) is 14.7. The molecule has 0 aliphatic heterocycles. The van der Waals surface area contributed by atoms with E-state index >= 15 is 0 Å². The maximum Gasteiger partial charge on any atom is 0.331 e. The van der Waals surface area contributed by atoms with Crippen LogP contribution in [0.25, 0.3) is 10.9 Å². The van der Waals surface area contributed by atoms with Crippen LogP contribution in [0.2, 0.25) is 0 Å². The molecule has 9 nitrogen and oxygen atoms in total. The molecule has 0 aliphatic carbocycles. The molecule has 0 atom stereocenters. The number of nitrogens with one attached hydrogen (secondary N) is 1. The van der Waals surface area contributed by atoms with Gasteiger partial charge in [0.2, 0.25) is 0 Å². The number of nitrogens with two attached hydrogens (primary N) is 1. The van der Waals surface area contributed by atoms with E-state index in [4.69, 9.17) is 10.6 Å². The first-order valence-corrected chi connectivity index (χ1v) is 8.24. The van der Waals surface area contributed by atoms with Gasteiger partial charge in [0.05, 0.1) is 41.9 Å². The van der Waals surface area contributed by atoms with Crippen molar-refractivity contribution in [3.05, 3.63) is 74.7 Å². The Balaban J connectivity index is 2.09. The summed E-state index contributed by atoms with van der Waals surface area (Å²) >= 11 is 0. The van der Waals surface area contributed by atoms with Gasteiger partial charge < -0.3 is 4.74 Å². The number of amides is 1. The van der Waals surface area contributed by atoms with Gasteiger partial charge >= 0.3 is 5.69 Å². The van der Waals surface area contributed by atoms with E-state index in [0.717, 1.165) is 4.57 Å². The first-order valence-electron chi connectivity index (χ1n) is 8.24. The molecule has 0 aliphatic rings. The molecule has 3 rings (SSSR count).